The Balaban J connectivity index is 1.31. The van der Waals surface area contributed by atoms with Crippen LogP contribution in [0.3, 0.4) is 0 Å². The normalized spacial score (nSPS) is 19.5. The number of ether oxygens (including phenoxy) is 1. The lowest BCUT2D eigenvalue weighted by atomic mass is 9.77. The van der Waals surface area contributed by atoms with Gasteiger partial charge in [-0.1, -0.05) is 18.2 Å². The van der Waals surface area contributed by atoms with E-state index in [0.717, 1.165) is 64.3 Å². The van der Waals surface area contributed by atoms with Gasteiger partial charge in [-0.15, -0.1) is 0 Å². The molecule has 150 valence electrons. The number of likely N-dealkylation sites (tertiary alicyclic amines) is 2. The van der Waals surface area contributed by atoms with Crippen molar-refractivity contribution < 1.29 is 9.53 Å². The Morgan fingerprint density at radius 3 is 2.75 bits per heavy atom. The summed E-state index contributed by atoms with van der Waals surface area (Å²) in [6, 6.07) is 8.33. The largest absolute Gasteiger partial charge is 0.491 e. The SMILES string of the molecule is CCN1CC2(CCN(Cc3ccccc3OCCn3ccnc3)CC2)CC1=O. The van der Waals surface area contributed by atoms with Crippen LogP contribution in [0.4, 0.5) is 0 Å². The van der Waals surface area contributed by atoms with Gasteiger partial charge in [-0.3, -0.25) is 9.69 Å². The standard InChI is InChI=1S/C22H30N4O2/c1-2-26-17-22(15-21(26)27)7-10-24(11-8-22)16-19-5-3-4-6-20(19)28-14-13-25-12-9-23-18-25/h3-6,9,12,18H,2,7-8,10-11,13-17H2,1H3. The van der Waals surface area contributed by atoms with Gasteiger partial charge >= 0.3 is 0 Å². The molecule has 1 spiro atoms. The molecule has 1 aromatic carbocycles. The molecule has 1 aromatic heterocycles. The van der Waals surface area contributed by atoms with Gasteiger partial charge in [0.2, 0.25) is 5.91 Å². The van der Waals surface area contributed by atoms with Crippen molar-refractivity contribution >= 4 is 5.91 Å². The van der Waals surface area contributed by atoms with Crippen molar-refractivity contribution in [1.82, 2.24) is 19.4 Å². The summed E-state index contributed by atoms with van der Waals surface area (Å²) in [5, 5.41) is 0. The second-order valence-electron chi connectivity index (χ2n) is 8.12. The molecule has 2 saturated heterocycles. The monoisotopic (exact) mass is 382 g/mol. The molecule has 3 heterocycles. The highest BCUT2D eigenvalue weighted by molar-refractivity contribution is 5.79. The maximum Gasteiger partial charge on any atom is 0.223 e. The van der Waals surface area contributed by atoms with Crippen LogP contribution in [0.2, 0.25) is 0 Å². The second kappa shape index (κ2) is 8.35. The van der Waals surface area contributed by atoms with Gasteiger partial charge in [-0.2, -0.15) is 0 Å². The smallest absolute Gasteiger partial charge is 0.223 e. The van der Waals surface area contributed by atoms with E-state index in [1.807, 2.05) is 28.1 Å². The van der Waals surface area contributed by atoms with Crippen LogP contribution in [0.5, 0.6) is 5.75 Å². The zero-order valence-electron chi connectivity index (χ0n) is 16.7. The zero-order valence-corrected chi connectivity index (χ0v) is 16.7. The van der Waals surface area contributed by atoms with Gasteiger partial charge in [0.1, 0.15) is 12.4 Å². The van der Waals surface area contributed by atoms with Gasteiger partial charge in [0, 0.05) is 44.0 Å². The van der Waals surface area contributed by atoms with Gasteiger partial charge in [0.25, 0.3) is 0 Å². The van der Waals surface area contributed by atoms with Crippen LogP contribution in [0.15, 0.2) is 43.0 Å². The average Bonchev–Trinajstić information content (AvgIpc) is 3.33. The summed E-state index contributed by atoms with van der Waals surface area (Å²) < 4.78 is 8.08. The molecule has 2 fully saturated rings. The molecule has 1 amide bonds. The molecule has 2 aliphatic rings. The first-order chi connectivity index (χ1) is 13.7. The lowest BCUT2D eigenvalue weighted by molar-refractivity contribution is -0.127. The Hall–Kier alpha value is -2.34. The summed E-state index contributed by atoms with van der Waals surface area (Å²) in [6.07, 6.45) is 8.51. The number of rotatable bonds is 7. The molecular weight excluding hydrogens is 352 g/mol. The Morgan fingerprint density at radius 2 is 2.04 bits per heavy atom. The van der Waals surface area contributed by atoms with Gasteiger partial charge in [-0.25, -0.2) is 4.98 Å². The molecule has 4 rings (SSSR count). The number of carbonyl (C=O) groups is 1. The summed E-state index contributed by atoms with van der Waals surface area (Å²) in [7, 11) is 0. The molecule has 0 aliphatic carbocycles. The molecule has 0 saturated carbocycles. The van der Waals surface area contributed by atoms with E-state index in [0.29, 0.717) is 12.5 Å². The van der Waals surface area contributed by atoms with Crippen LogP contribution in [-0.2, 0) is 17.9 Å². The number of imidazole rings is 1. The molecule has 6 heteroatoms. The number of hydrogen-bond acceptors (Lipinski definition) is 4. The van der Waals surface area contributed by atoms with E-state index in [-0.39, 0.29) is 5.41 Å². The lowest BCUT2D eigenvalue weighted by Gasteiger charge is -2.39. The number of nitrogens with zero attached hydrogens (tertiary/aromatic N) is 4. The van der Waals surface area contributed by atoms with Gasteiger partial charge in [0.05, 0.1) is 12.9 Å². The number of carbonyl (C=O) groups excluding carboxylic acids is 1. The van der Waals surface area contributed by atoms with Crippen LogP contribution in [0, 0.1) is 5.41 Å². The van der Waals surface area contributed by atoms with E-state index in [1.54, 1.807) is 6.20 Å². The van der Waals surface area contributed by atoms with Crippen molar-refractivity contribution in [2.45, 2.75) is 39.3 Å². The highest BCUT2D eigenvalue weighted by Crippen LogP contribution is 2.41. The van der Waals surface area contributed by atoms with Crippen molar-refractivity contribution in [3.8, 4) is 5.75 Å². The topological polar surface area (TPSA) is 50.6 Å². The van der Waals surface area contributed by atoms with Gasteiger partial charge < -0.3 is 14.2 Å². The predicted octanol–water partition coefficient (Wildman–Crippen LogP) is 2.80. The quantitative estimate of drug-likeness (QED) is 0.739. The number of hydrogen-bond donors (Lipinski definition) is 0. The third kappa shape index (κ3) is 4.22. The Bertz CT molecular complexity index is 782. The lowest BCUT2D eigenvalue weighted by Crippen LogP contribution is -2.41. The molecule has 28 heavy (non-hydrogen) atoms. The maximum atomic E-state index is 12.2. The summed E-state index contributed by atoms with van der Waals surface area (Å²) in [5.41, 5.74) is 1.45. The van der Waals surface area contributed by atoms with Crippen molar-refractivity contribution in [2.24, 2.45) is 5.41 Å². The third-order valence-electron chi connectivity index (χ3n) is 6.24. The summed E-state index contributed by atoms with van der Waals surface area (Å²) in [5.74, 6) is 1.31. The van der Waals surface area contributed by atoms with Crippen molar-refractivity contribution in [2.75, 3.05) is 32.8 Å². The Morgan fingerprint density at radius 1 is 1.21 bits per heavy atom. The molecule has 0 radical (unpaired) electrons. The van der Waals surface area contributed by atoms with E-state index in [2.05, 4.69) is 35.0 Å². The third-order valence-corrected chi connectivity index (χ3v) is 6.24. The number of piperidine rings is 1. The summed E-state index contributed by atoms with van der Waals surface area (Å²) in [4.78, 5) is 20.8. The van der Waals surface area contributed by atoms with Crippen molar-refractivity contribution in [3.05, 3.63) is 48.5 Å². The first-order valence-electron chi connectivity index (χ1n) is 10.3. The molecular formula is C22H30N4O2. The van der Waals surface area contributed by atoms with Crippen LogP contribution in [-0.4, -0.2) is 58.0 Å². The molecule has 6 nitrogen and oxygen atoms in total. The van der Waals surface area contributed by atoms with E-state index < -0.39 is 0 Å². The number of aromatic nitrogens is 2. The average molecular weight is 383 g/mol. The number of benzene rings is 1. The highest BCUT2D eigenvalue weighted by atomic mass is 16.5. The first-order valence-corrected chi connectivity index (χ1v) is 10.3. The van der Waals surface area contributed by atoms with Crippen molar-refractivity contribution in [1.29, 1.82) is 0 Å². The van der Waals surface area contributed by atoms with Gasteiger partial charge in [-0.05, 0) is 44.3 Å². The Kier molecular flexibility index (Phi) is 5.67. The fourth-order valence-electron chi connectivity index (χ4n) is 4.49. The predicted molar refractivity (Wildman–Crippen MR) is 108 cm³/mol. The van der Waals surface area contributed by atoms with E-state index >= 15 is 0 Å². The minimum absolute atomic E-state index is 0.213. The fraction of sp³-hybridized carbons (Fsp3) is 0.545. The maximum absolute atomic E-state index is 12.2. The van der Waals surface area contributed by atoms with E-state index in [9.17, 15) is 4.79 Å². The van der Waals surface area contributed by atoms with Crippen LogP contribution < -0.4 is 4.74 Å². The van der Waals surface area contributed by atoms with E-state index in [4.69, 9.17) is 4.74 Å². The molecule has 0 unspecified atom stereocenters. The fourth-order valence-corrected chi connectivity index (χ4v) is 4.49. The first kappa shape index (κ1) is 19.0. The number of para-hydroxylation sites is 1. The van der Waals surface area contributed by atoms with Crippen LogP contribution in [0.1, 0.15) is 31.7 Å². The highest BCUT2D eigenvalue weighted by Gasteiger charge is 2.44. The zero-order chi connectivity index (χ0) is 19.4. The second-order valence-corrected chi connectivity index (χ2v) is 8.12. The summed E-state index contributed by atoms with van der Waals surface area (Å²) >= 11 is 0. The van der Waals surface area contributed by atoms with Gasteiger partial charge in [0.15, 0.2) is 0 Å². The minimum atomic E-state index is 0.213. The number of amides is 1. The van der Waals surface area contributed by atoms with Crippen LogP contribution >= 0.6 is 0 Å². The molecule has 2 aromatic rings. The summed E-state index contributed by atoms with van der Waals surface area (Å²) in [6.45, 7) is 8.30. The Labute approximate surface area is 167 Å². The van der Waals surface area contributed by atoms with Crippen LogP contribution in [0.25, 0.3) is 0 Å². The van der Waals surface area contributed by atoms with Crippen molar-refractivity contribution in [3.63, 3.8) is 0 Å². The molecule has 0 N–H and O–H groups in total. The molecule has 0 bridgehead atoms. The van der Waals surface area contributed by atoms with E-state index in [1.165, 1.54) is 5.56 Å². The minimum Gasteiger partial charge on any atom is -0.491 e. The molecule has 2 aliphatic heterocycles. The molecule has 0 atom stereocenters.